The Morgan fingerprint density at radius 1 is 1.14 bits per heavy atom. The average molecular weight is 427 g/mol. The van der Waals surface area contributed by atoms with E-state index >= 15 is 0 Å². The highest BCUT2D eigenvalue weighted by atomic mass is 127. The van der Waals surface area contributed by atoms with Crippen LogP contribution < -0.4 is 10.6 Å². The minimum Gasteiger partial charge on any atom is -0.469 e. The van der Waals surface area contributed by atoms with Gasteiger partial charge in [0.2, 0.25) is 0 Å². The quantitative estimate of drug-likeness (QED) is 0.175. The van der Waals surface area contributed by atoms with Crippen molar-refractivity contribution in [2.75, 3.05) is 26.7 Å². The molecule has 0 aromatic carbocycles. The van der Waals surface area contributed by atoms with Gasteiger partial charge in [0.25, 0.3) is 0 Å². The van der Waals surface area contributed by atoms with Gasteiger partial charge in [-0.15, -0.1) is 24.0 Å². The lowest BCUT2D eigenvalue weighted by atomic mass is 10.1. The molecule has 0 aromatic heterocycles. The third-order valence-electron chi connectivity index (χ3n) is 3.13. The molecule has 0 amide bonds. The van der Waals surface area contributed by atoms with Crippen molar-refractivity contribution in [3.8, 4) is 0 Å². The molecule has 0 atom stereocenters. The molecule has 0 aliphatic carbocycles. The van der Waals surface area contributed by atoms with E-state index in [4.69, 9.17) is 0 Å². The van der Waals surface area contributed by atoms with Gasteiger partial charge in [0.15, 0.2) is 5.96 Å². The number of halogens is 1. The highest BCUT2D eigenvalue weighted by Gasteiger charge is 2.00. The zero-order valence-electron chi connectivity index (χ0n) is 14.6. The molecule has 0 fully saturated rings. The van der Waals surface area contributed by atoms with E-state index in [1.807, 2.05) is 0 Å². The van der Waals surface area contributed by atoms with E-state index < -0.39 is 0 Å². The van der Waals surface area contributed by atoms with Crippen molar-refractivity contribution in [3.63, 3.8) is 0 Å². The van der Waals surface area contributed by atoms with Crippen molar-refractivity contribution in [1.29, 1.82) is 0 Å². The van der Waals surface area contributed by atoms with Crippen LogP contribution in [0.3, 0.4) is 0 Å². The number of carbonyl (C=O) groups excluding carboxylic acids is 1. The van der Waals surface area contributed by atoms with Crippen molar-refractivity contribution in [2.24, 2.45) is 10.9 Å². The molecule has 0 bridgehead atoms. The van der Waals surface area contributed by atoms with Crippen molar-refractivity contribution in [2.45, 2.75) is 59.3 Å². The Labute approximate surface area is 153 Å². The summed E-state index contributed by atoms with van der Waals surface area (Å²) in [6.07, 6.45) is 5.91. The van der Waals surface area contributed by atoms with E-state index in [9.17, 15) is 4.79 Å². The molecule has 0 rings (SSSR count). The molecule has 0 aliphatic rings. The normalized spacial score (nSPS) is 11.0. The molecular weight excluding hydrogens is 393 g/mol. The maximum Gasteiger partial charge on any atom is 0.305 e. The van der Waals surface area contributed by atoms with Gasteiger partial charge in [0.05, 0.1) is 7.11 Å². The molecule has 0 heterocycles. The number of hydrogen-bond acceptors (Lipinski definition) is 3. The van der Waals surface area contributed by atoms with Gasteiger partial charge in [-0.05, 0) is 32.1 Å². The van der Waals surface area contributed by atoms with E-state index in [0.717, 1.165) is 50.8 Å². The van der Waals surface area contributed by atoms with Crippen LogP contribution in [-0.2, 0) is 9.53 Å². The van der Waals surface area contributed by atoms with Crippen LogP contribution in [0.5, 0.6) is 0 Å². The van der Waals surface area contributed by atoms with Crippen LogP contribution in [0.25, 0.3) is 0 Å². The Bertz CT molecular complexity index is 297. The fourth-order valence-electron chi connectivity index (χ4n) is 1.90. The van der Waals surface area contributed by atoms with Crippen LogP contribution in [0, 0.1) is 5.92 Å². The van der Waals surface area contributed by atoms with E-state index in [2.05, 4.69) is 41.1 Å². The van der Waals surface area contributed by atoms with Gasteiger partial charge >= 0.3 is 5.97 Å². The number of rotatable bonds is 11. The highest BCUT2D eigenvalue weighted by molar-refractivity contribution is 14.0. The summed E-state index contributed by atoms with van der Waals surface area (Å²) in [5.41, 5.74) is 0. The molecule has 0 saturated heterocycles. The summed E-state index contributed by atoms with van der Waals surface area (Å²) < 4.78 is 4.61. The number of esters is 1. The predicted octanol–water partition coefficient (Wildman–Crippen LogP) is 3.33. The largest absolute Gasteiger partial charge is 0.469 e. The molecule has 0 radical (unpaired) electrons. The van der Waals surface area contributed by atoms with Crippen LogP contribution >= 0.6 is 24.0 Å². The maximum absolute atomic E-state index is 11.0. The SMILES string of the molecule is CCNC(=NCCCCC(C)C)NCCCCC(=O)OC.I. The van der Waals surface area contributed by atoms with Gasteiger partial charge in [-0.2, -0.15) is 0 Å². The summed E-state index contributed by atoms with van der Waals surface area (Å²) >= 11 is 0. The number of nitrogens with zero attached hydrogens (tertiary/aromatic N) is 1. The van der Waals surface area contributed by atoms with E-state index in [0.29, 0.717) is 6.42 Å². The van der Waals surface area contributed by atoms with Crippen LogP contribution in [0.4, 0.5) is 0 Å². The lowest BCUT2D eigenvalue weighted by molar-refractivity contribution is -0.140. The monoisotopic (exact) mass is 427 g/mol. The van der Waals surface area contributed by atoms with Gasteiger partial charge in [-0.3, -0.25) is 9.79 Å². The van der Waals surface area contributed by atoms with Gasteiger partial charge in [0, 0.05) is 26.1 Å². The number of ether oxygens (including phenoxy) is 1. The third-order valence-corrected chi connectivity index (χ3v) is 3.13. The van der Waals surface area contributed by atoms with E-state index in [1.165, 1.54) is 20.0 Å². The lowest BCUT2D eigenvalue weighted by Gasteiger charge is -2.11. The molecule has 22 heavy (non-hydrogen) atoms. The Kier molecular flexibility index (Phi) is 18.2. The summed E-state index contributed by atoms with van der Waals surface area (Å²) in [6.45, 7) is 9.12. The number of methoxy groups -OCH3 is 1. The van der Waals surface area contributed by atoms with Crippen LogP contribution in [0.15, 0.2) is 4.99 Å². The van der Waals surface area contributed by atoms with Crippen molar-refractivity contribution < 1.29 is 9.53 Å². The minimum atomic E-state index is -0.138. The maximum atomic E-state index is 11.0. The molecule has 5 nitrogen and oxygen atoms in total. The Morgan fingerprint density at radius 2 is 1.86 bits per heavy atom. The molecule has 0 aliphatic heterocycles. The number of unbranched alkanes of at least 4 members (excludes halogenated alkanes) is 2. The third kappa shape index (κ3) is 15.9. The second kappa shape index (κ2) is 16.8. The van der Waals surface area contributed by atoms with Gasteiger partial charge in [-0.25, -0.2) is 0 Å². The second-order valence-electron chi connectivity index (χ2n) is 5.61. The number of guanidine groups is 1. The van der Waals surface area contributed by atoms with Crippen molar-refractivity contribution in [3.05, 3.63) is 0 Å². The molecule has 0 spiro atoms. The van der Waals surface area contributed by atoms with Crippen LogP contribution in [0.1, 0.15) is 59.3 Å². The molecule has 0 unspecified atom stereocenters. The summed E-state index contributed by atoms with van der Waals surface area (Å²) in [7, 11) is 1.43. The lowest BCUT2D eigenvalue weighted by Crippen LogP contribution is -2.37. The van der Waals surface area contributed by atoms with Gasteiger partial charge in [0.1, 0.15) is 0 Å². The number of nitrogens with one attached hydrogen (secondary N) is 2. The summed E-state index contributed by atoms with van der Waals surface area (Å²) in [5.74, 6) is 1.51. The second-order valence-corrected chi connectivity index (χ2v) is 5.61. The Balaban J connectivity index is 0. The highest BCUT2D eigenvalue weighted by Crippen LogP contribution is 2.05. The molecular formula is C16H34IN3O2. The summed E-state index contributed by atoms with van der Waals surface area (Å²) in [6, 6.07) is 0. The summed E-state index contributed by atoms with van der Waals surface area (Å²) in [5, 5.41) is 6.54. The number of hydrogen-bond donors (Lipinski definition) is 2. The van der Waals surface area contributed by atoms with Crippen LogP contribution in [-0.4, -0.2) is 38.7 Å². The smallest absolute Gasteiger partial charge is 0.305 e. The zero-order chi connectivity index (χ0) is 15.9. The summed E-state index contributed by atoms with van der Waals surface area (Å²) in [4.78, 5) is 15.5. The van der Waals surface area contributed by atoms with Crippen molar-refractivity contribution in [1.82, 2.24) is 10.6 Å². The Morgan fingerprint density at radius 3 is 2.45 bits per heavy atom. The minimum absolute atomic E-state index is 0. The number of carbonyl (C=O) groups is 1. The first-order valence-electron chi connectivity index (χ1n) is 8.19. The molecule has 2 N–H and O–H groups in total. The fourth-order valence-corrected chi connectivity index (χ4v) is 1.90. The Hall–Kier alpha value is -0.530. The number of aliphatic imine (C=N–C) groups is 1. The first-order valence-corrected chi connectivity index (χ1v) is 8.19. The molecule has 132 valence electrons. The first kappa shape index (κ1) is 23.7. The average Bonchev–Trinajstić information content (AvgIpc) is 2.45. The fraction of sp³-hybridized carbons (Fsp3) is 0.875. The van der Waals surface area contributed by atoms with Gasteiger partial charge < -0.3 is 15.4 Å². The predicted molar refractivity (Wildman–Crippen MR) is 104 cm³/mol. The zero-order valence-corrected chi connectivity index (χ0v) is 16.9. The van der Waals surface area contributed by atoms with Crippen LogP contribution in [0.2, 0.25) is 0 Å². The molecule has 0 saturated carbocycles. The van der Waals surface area contributed by atoms with Crippen molar-refractivity contribution >= 4 is 35.9 Å². The standard InChI is InChI=1S/C16H33N3O2.HI/c1-5-17-16(18-12-8-6-10-14(2)3)19-13-9-7-11-15(20)21-4;/h14H,5-13H2,1-4H3,(H2,17,18,19);1H. The van der Waals surface area contributed by atoms with Gasteiger partial charge in [-0.1, -0.05) is 26.7 Å². The van der Waals surface area contributed by atoms with E-state index in [-0.39, 0.29) is 29.9 Å². The molecule has 6 heteroatoms. The molecule has 0 aromatic rings. The van der Waals surface area contributed by atoms with E-state index in [1.54, 1.807) is 0 Å². The topological polar surface area (TPSA) is 62.7 Å². The first-order chi connectivity index (χ1) is 10.1.